The van der Waals surface area contributed by atoms with Gasteiger partial charge in [0.1, 0.15) is 0 Å². The minimum absolute atomic E-state index is 0.577. The molecule has 1 aliphatic rings. The summed E-state index contributed by atoms with van der Waals surface area (Å²) in [5, 5.41) is 7.58. The van der Waals surface area contributed by atoms with E-state index in [1.807, 2.05) is 0 Å². The first-order valence-corrected chi connectivity index (χ1v) is 9.43. The molecule has 2 aromatic rings. The zero-order chi connectivity index (χ0) is 16.6. The smallest absolute Gasteiger partial charge is 0.0224 e. The average molecular weight is 322 g/mol. The van der Waals surface area contributed by atoms with Gasteiger partial charge in [-0.3, -0.25) is 0 Å². The zero-order valence-electron chi connectivity index (χ0n) is 14.8. The lowest BCUT2D eigenvalue weighted by molar-refractivity contribution is 0.281. The second-order valence-electron chi connectivity index (χ2n) is 6.91. The molecular weight excluding hydrogens is 292 g/mol. The van der Waals surface area contributed by atoms with Crippen molar-refractivity contribution in [2.45, 2.75) is 64.2 Å². The molecular formula is C22H30N2. The van der Waals surface area contributed by atoms with Crippen LogP contribution in [0.2, 0.25) is 0 Å². The Balaban J connectivity index is 1.51. The number of hydrogen-bond acceptors (Lipinski definition) is 2. The minimum Gasteiger partial charge on any atom is -0.308 e. The largest absolute Gasteiger partial charge is 0.308 e. The van der Waals surface area contributed by atoms with Gasteiger partial charge in [-0.05, 0) is 36.0 Å². The molecule has 0 heterocycles. The Morgan fingerprint density at radius 2 is 1.21 bits per heavy atom. The Morgan fingerprint density at radius 1 is 0.708 bits per heavy atom. The van der Waals surface area contributed by atoms with Crippen molar-refractivity contribution in [1.29, 1.82) is 0 Å². The molecule has 0 saturated heterocycles. The summed E-state index contributed by atoms with van der Waals surface area (Å²) in [5.41, 5.74) is 4.18. The standard InChI is InChI=1S/C22H30N2/c1-2-18-12-14-20(15-13-18)17-24-22-11-7-6-10-21(22)23-16-19-8-4-3-5-9-19/h3-5,8-9,12-15,21-24H,2,6-7,10-11,16-17H2,1H3. The summed E-state index contributed by atoms with van der Waals surface area (Å²) in [5.74, 6) is 0. The third-order valence-electron chi connectivity index (χ3n) is 5.18. The lowest BCUT2D eigenvalue weighted by atomic mass is 9.90. The van der Waals surface area contributed by atoms with E-state index in [2.05, 4.69) is 72.2 Å². The summed E-state index contributed by atoms with van der Waals surface area (Å²) in [6.07, 6.45) is 6.35. The molecule has 0 radical (unpaired) electrons. The van der Waals surface area contributed by atoms with E-state index in [0.29, 0.717) is 12.1 Å². The number of nitrogens with one attached hydrogen (secondary N) is 2. The maximum atomic E-state index is 3.80. The Hall–Kier alpha value is -1.64. The zero-order valence-corrected chi connectivity index (χ0v) is 14.8. The fourth-order valence-electron chi connectivity index (χ4n) is 3.61. The molecule has 1 fully saturated rings. The van der Waals surface area contributed by atoms with Gasteiger partial charge >= 0.3 is 0 Å². The highest BCUT2D eigenvalue weighted by atomic mass is 15.0. The van der Waals surface area contributed by atoms with E-state index < -0.39 is 0 Å². The predicted octanol–water partition coefficient (Wildman–Crippen LogP) is 4.44. The van der Waals surface area contributed by atoms with Gasteiger partial charge in [-0.1, -0.05) is 74.4 Å². The molecule has 2 aromatic carbocycles. The van der Waals surface area contributed by atoms with Crippen molar-refractivity contribution in [3.8, 4) is 0 Å². The summed E-state index contributed by atoms with van der Waals surface area (Å²) in [6, 6.07) is 20.9. The maximum absolute atomic E-state index is 3.80. The van der Waals surface area contributed by atoms with Gasteiger partial charge < -0.3 is 10.6 Å². The van der Waals surface area contributed by atoms with Crippen LogP contribution in [0, 0.1) is 0 Å². The van der Waals surface area contributed by atoms with Crippen molar-refractivity contribution in [2.24, 2.45) is 0 Å². The van der Waals surface area contributed by atoms with Crippen LogP contribution in [-0.2, 0) is 19.5 Å². The molecule has 2 N–H and O–H groups in total. The van der Waals surface area contributed by atoms with Crippen molar-refractivity contribution in [2.75, 3.05) is 0 Å². The molecule has 0 amide bonds. The summed E-state index contributed by atoms with van der Waals surface area (Å²) in [6.45, 7) is 4.14. The predicted molar refractivity (Wildman–Crippen MR) is 102 cm³/mol. The molecule has 2 atom stereocenters. The minimum atomic E-state index is 0.577. The van der Waals surface area contributed by atoms with Crippen molar-refractivity contribution in [3.05, 3.63) is 71.3 Å². The van der Waals surface area contributed by atoms with Gasteiger partial charge in [0.2, 0.25) is 0 Å². The number of rotatable bonds is 7. The Kier molecular flexibility index (Phi) is 6.45. The van der Waals surface area contributed by atoms with Crippen LogP contribution < -0.4 is 10.6 Å². The normalized spacial score (nSPS) is 20.9. The first-order valence-electron chi connectivity index (χ1n) is 9.43. The van der Waals surface area contributed by atoms with Crippen LogP contribution in [0.1, 0.15) is 49.3 Å². The highest BCUT2D eigenvalue weighted by Gasteiger charge is 2.24. The molecule has 2 unspecified atom stereocenters. The van der Waals surface area contributed by atoms with Crippen molar-refractivity contribution < 1.29 is 0 Å². The maximum Gasteiger partial charge on any atom is 0.0224 e. The van der Waals surface area contributed by atoms with Gasteiger partial charge in [0.15, 0.2) is 0 Å². The Labute approximate surface area is 146 Å². The molecule has 1 aliphatic carbocycles. The van der Waals surface area contributed by atoms with Crippen LogP contribution >= 0.6 is 0 Å². The van der Waals surface area contributed by atoms with Gasteiger partial charge in [0, 0.05) is 25.2 Å². The van der Waals surface area contributed by atoms with Crippen molar-refractivity contribution in [1.82, 2.24) is 10.6 Å². The molecule has 24 heavy (non-hydrogen) atoms. The molecule has 0 aliphatic heterocycles. The van der Waals surface area contributed by atoms with E-state index in [9.17, 15) is 0 Å². The molecule has 0 bridgehead atoms. The van der Waals surface area contributed by atoms with E-state index in [1.54, 1.807) is 0 Å². The second-order valence-corrected chi connectivity index (χ2v) is 6.91. The molecule has 3 rings (SSSR count). The molecule has 1 saturated carbocycles. The van der Waals surface area contributed by atoms with Gasteiger partial charge in [0.05, 0.1) is 0 Å². The van der Waals surface area contributed by atoms with E-state index in [0.717, 1.165) is 19.5 Å². The topological polar surface area (TPSA) is 24.1 Å². The molecule has 2 heteroatoms. The molecule has 0 spiro atoms. The monoisotopic (exact) mass is 322 g/mol. The van der Waals surface area contributed by atoms with Gasteiger partial charge in [-0.25, -0.2) is 0 Å². The summed E-state index contributed by atoms with van der Waals surface area (Å²) in [4.78, 5) is 0. The highest BCUT2D eigenvalue weighted by molar-refractivity contribution is 5.22. The second kappa shape index (κ2) is 9.00. The third-order valence-corrected chi connectivity index (χ3v) is 5.18. The van der Waals surface area contributed by atoms with E-state index in [-0.39, 0.29) is 0 Å². The molecule has 2 nitrogen and oxygen atoms in total. The summed E-state index contributed by atoms with van der Waals surface area (Å²) >= 11 is 0. The van der Waals surface area contributed by atoms with Gasteiger partial charge in [-0.15, -0.1) is 0 Å². The molecule has 0 aromatic heterocycles. The quantitative estimate of drug-likeness (QED) is 0.787. The highest BCUT2D eigenvalue weighted by Crippen LogP contribution is 2.20. The van der Waals surface area contributed by atoms with Crippen LogP contribution in [0.25, 0.3) is 0 Å². The van der Waals surface area contributed by atoms with Crippen LogP contribution in [0.3, 0.4) is 0 Å². The third kappa shape index (κ3) is 4.93. The first kappa shape index (κ1) is 17.2. The summed E-state index contributed by atoms with van der Waals surface area (Å²) < 4.78 is 0. The van der Waals surface area contributed by atoms with E-state index >= 15 is 0 Å². The van der Waals surface area contributed by atoms with Crippen LogP contribution in [0.5, 0.6) is 0 Å². The lowest BCUT2D eigenvalue weighted by Gasteiger charge is -2.33. The van der Waals surface area contributed by atoms with Crippen molar-refractivity contribution in [3.63, 3.8) is 0 Å². The van der Waals surface area contributed by atoms with Crippen LogP contribution in [0.4, 0.5) is 0 Å². The van der Waals surface area contributed by atoms with Crippen LogP contribution in [0.15, 0.2) is 54.6 Å². The Morgan fingerprint density at radius 3 is 1.75 bits per heavy atom. The molecule has 128 valence electrons. The van der Waals surface area contributed by atoms with E-state index in [4.69, 9.17) is 0 Å². The van der Waals surface area contributed by atoms with Gasteiger partial charge in [0.25, 0.3) is 0 Å². The average Bonchev–Trinajstić information content (AvgIpc) is 2.66. The van der Waals surface area contributed by atoms with Gasteiger partial charge in [-0.2, -0.15) is 0 Å². The fourth-order valence-corrected chi connectivity index (χ4v) is 3.61. The number of hydrogen-bond donors (Lipinski definition) is 2. The van der Waals surface area contributed by atoms with Crippen LogP contribution in [-0.4, -0.2) is 12.1 Å². The summed E-state index contributed by atoms with van der Waals surface area (Å²) in [7, 11) is 0. The van der Waals surface area contributed by atoms with Crippen molar-refractivity contribution >= 4 is 0 Å². The fraction of sp³-hybridized carbons (Fsp3) is 0.455. The number of aryl methyl sites for hydroxylation is 1. The SMILES string of the molecule is CCc1ccc(CNC2CCCCC2NCc2ccccc2)cc1. The Bertz CT molecular complexity index is 591. The number of benzene rings is 2. The lowest BCUT2D eigenvalue weighted by Crippen LogP contribution is -2.49. The van der Waals surface area contributed by atoms with E-state index in [1.165, 1.54) is 42.4 Å². The first-order chi connectivity index (χ1) is 11.8.